The van der Waals surface area contributed by atoms with Gasteiger partial charge in [-0.2, -0.15) is 13.2 Å². The molecule has 1 saturated heterocycles. The molecule has 0 saturated carbocycles. The molecule has 1 N–H and O–H groups in total. The number of thiophene rings is 1. The van der Waals surface area contributed by atoms with Gasteiger partial charge in [0.15, 0.2) is 5.65 Å². The number of hydrogen-bond acceptors (Lipinski definition) is 8. The number of rotatable bonds is 5. The van der Waals surface area contributed by atoms with Crippen LogP contribution in [-0.4, -0.2) is 68.3 Å². The van der Waals surface area contributed by atoms with Crippen molar-refractivity contribution in [2.24, 2.45) is 0 Å². The number of piperazine rings is 1. The van der Waals surface area contributed by atoms with Gasteiger partial charge in [0.2, 0.25) is 5.91 Å². The molecule has 1 amide bonds. The van der Waals surface area contributed by atoms with Gasteiger partial charge in [0.1, 0.15) is 18.2 Å². The Morgan fingerprint density at radius 2 is 1.92 bits per heavy atom. The highest BCUT2D eigenvalue weighted by atomic mass is 32.1. The second kappa shape index (κ2) is 9.89. The molecule has 1 aliphatic rings. The summed E-state index contributed by atoms with van der Waals surface area (Å²) in [6.07, 6.45) is -1.31. The van der Waals surface area contributed by atoms with Crippen LogP contribution in [0.4, 0.5) is 19.0 Å². The Balaban J connectivity index is 1.20. The number of hydrogen-bond donors (Lipinski definition) is 1. The Morgan fingerprint density at radius 1 is 1.10 bits per heavy atom. The number of carbonyl (C=O) groups excluding carboxylic acids is 1. The molecular weight excluding hydrogens is 529 g/mol. The number of nitrogens with zero attached hydrogens (tertiary/aromatic N) is 7. The van der Waals surface area contributed by atoms with E-state index in [4.69, 9.17) is 0 Å². The van der Waals surface area contributed by atoms with Crippen molar-refractivity contribution in [3.63, 3.8) is 0 Å². The van der Waals surface area contributed by atoms with Crippen LogP contribution >= 0.6 is 11.3 Å². The molecule has 1 atom stereocenters. The quantitative estimate of drug-likeness (QED) is 0.354. The van der Waals surface area contributed by atoms with Gasteiger partial charge in [0.25, 0.3) is 0 Å². The lowest BCUT2D eigenvalue weighted by molar-refractivity contribution is -0.137. The molecule has 1 fully saturated rings. The van der Waals surface area contributed by atoms with Crippen molar-refractivity contribution in [1.29, 1.82) is 0 Å². The molecule has 4 aromatic heterocycles. The van der Waals surface area contributed by atoms with Gasteiger partial charge >= 0.3 is 6.18 Å². The second-order valence-electron chi connectivity index (χ2n) is 9.32. The Hall–Kier alpha value is -4.10. The highest BCUT2D eigenvalue weighted by Gasteiger charge is 2.32. The molecule has 5 aromatic rings. The molecule has 9 nitrogen and oxygen atoms in total. The van der Waals surface area contributed by atoms with Crippen molar-refractivity contribution in [3.8, 4) is 5.69 Å². The highest BCUT2D eigenvalue weighted by molar-refractivity contribution is 7.17. The maximum Gasteiger partial charge on any atom is 0.416 e. The molecule has 1 aliphatic heterocycles. The Labute approximate surface area is 224 Å². The molecule has 0 radical (unpaired) electrons. The Bertz CT molecular complexity index is 1650. The van der Waals surface area contributed by atoms with Gasteiger partial charge in [-0.3, -0.25) is 14.7 Å². The van der Waals surface area contributed by atoms with Gasteiger partial charge in [-0.1, -0.05) is 0 Å². The maximum atomic E-state index is 13.2. The lowest BCUT2D eigenvalue weighted by Gasteiger charge is -2.39. The van der Waals surface area contributed by atoms with Gasteiger partial charge < -0.3 is 10.2 Å². The normalized spacial score (nSPS) is 16.7. The summed E-state index contributed by atoms with van der Waals surface area (Å²) in [7, 11) is 1.91. The van der Waals surface area contributed by atoms with Gasteiger partial charge in [0.05, 0.1) is 39.1 Å². The van der Waals surface area contributed by atoms with Crippen molar-refractivity contribution in [1.82, 2.24) is 34.9 Å². The van der Waals surface area contributed by atoms with E-state index in [1.807, 2.05) is 40.4 Å². The topological polar surface area (TPSA) is 92.1 Å². The summed E-state index contributed by atoms with van der Waals surface area (Å²) in [6.45, 7) is 1.99. The molecule has 1 aromatic carbocycles. The van der Waals surface area contributed by atoms with Crippen molar-refractivity contribution in [2.75, 3.05) is 31.6 Å². The van der Waals surface area contributed by atoms with Crippen LogP contribution in [0.2, 0.25) is 0 Å². The zero-order valence-electron chi connectivity index (χ0n) is 20.8. The fraction of sp³-hybridized carbons (Fsp3) is 0.269. The van der Waals surface area contributed by atoms with Crippen LogP contribution in [0.1, 0.15) is 11.3 Å². The van der Waals surface area contributed by atoms with Crippen LogP contribution in [0, 0.1) is 0 Å². The van der Waals surface area contributed by atoms with Crippen LogP contribution in [-0.2, 0) is 17.5 Å². The van der Waals surface area contributed by atoms with Gasteiger partial charge in [0, 0.05) is 25.8 Å². The van der Waals surface area contributed by atoms with Crippen molar-refractivity contribution >= 4 is 44.3 Å². The predicted molar refractivity (Wildman–Crippen MR) is 142 cm³/mol. The molecule has 39 heavy (non-hydrogen) atoms. The summed E-state index contributed by atoms with van der Waals surface area (Å²) in [5, 5.41) is 10.1. The first-order chi connectivity index (χ1) is 18.8. The van der Waals surface area contributed by atoms with E-state index in [2.05, 4.69) is 25.4 Å². The number of carbonyl (C=O) groups is 1. The molecule has 0 unspecified atom stereocenters. The highest BCUT2D eigenvalue weighted by Crippen LogP contribution is 2.30. The van der Waals surface area contributed by atoms with E-state index in [0.717, 1.165) is 28.0 Å². The minimum absolute atomic E-state index is 0.111. The second-order valence-corrected chi connectivity index (χ2v) is 10.3. The number of likely N-dealkylation sites (N-methyl/N-ethyl adjacent to an activating group) is 1. The zero-order valence-corrected chi connectivity index (χ0v) is 21.6. The summed E-state index contributed by atoms with van der Waals surface area (Å²) in [6, 6.07) is 10.2. The number of anilines is 1. The summed E-state index contributed by atoms with van der Waals surface area (Å²) in [4.78, 5) is 30.5. The van der Waals surface area contributed by atoms with Gasteiger partial charge in [-0.25, -0.2) is 14.6 Å². The molecule has 6 rings (SSSR count). The third-order valence-corrected chi connectivity index (χ3v) is 7.68. The SMILES string of the molecule is CN1CCN(c2ncnc3nn(-c4ccc(C(F)(F)F)cc4)cc23)C[C@H]1C(=O)NCc1ccc2sccc2n1. The number of fused-ring (bicyclic) bond motifs is 2. The van der Waals surface area contributed by atoms with Crippen LogP contribution in [0.15, 0.2) is 60.4 Å². The van der Waals surface area contributed by atoms with Crippen molar-refractivity contribution in [3.05, 3.63) is 71.6 Å². The van der Waals surface area contributed by atoms with Crippen molar-refractivity contribution in [2.45, 2.75) is 18.8 Å². The third-order valence-electron chi connectivity index (χ3n) is 6.81. The molecular formula is C26H23F3N8OS. The number of alkyl halides is 3. The van der Waals surface area contributed by atoms with Crippen LogP contribution < -0.4 is 10.2 Å². The van der Waals surface area contributed by atoms with E-state index in [9.17, 15) is 18.0 Å². The fourth-order valence-electron chi connectivity index (χ4n) is 4.65. The van der Waals surface area contributed by atoms with E-state index in [1.165, 1.54) is 23.1 Å². The number of pyridine rings is 1. The van der Waals surface area contributed by atoms with Crippen LogP contribution in [0.3, 0.4) is 0 Å². The minimum Gasteiger partial charge on any atom is -0.353 e. The van der Waals surface area contributed by atoms with Crippen LogP contribution in [0.5, 0.6) is 0 Å². The van der Waals surface area contributed by atoms with Gasteiger partial charge in [-0.05, 0) is 54.9 Å². The number of halogens is 3. The zero-order chi connectivity index (χ0) is 27.1. The fourth-order valence-corrected chi connectivity index (χ4v) is 5.38. The van der Waals surface area contributed by atoms with E-state index in [0.29, 0.717) is 48.7 Å². The largest absolute Gasteiger partial charge is 0.416 e. The summed E-state index contributed by atoms with van der Waals surface area (Å²) >= 11 is 1.62. The Kier molecular flexibility index (Phi) is 6.39. The number of aromatic nitrogens is 5. The van der Waals surface area contributed by atoms with Crippen LogP contribution in [0.25, 0.3) is 26.9 Å². The number of amides is 1. The number of benzene rings is 1. The minimum atomic E-state index is -4.41. The standard InChI is InChI=1S/C26H23F3N8OS/c1-35-9-10-36(14-21(35)25(38)30-12-17-4-7-22-20(33-17)8-11-39-22)24-19-13-37(34-23(19)31-15-32-24)18-5-2-16(3-6-18)26(27,28)29/h2-8,11,13,15,21H,9-10,12,14H2,1H3,(H,30,38)/t21-/m0/s1. The molecule has 13 heteroatoms. The average Bonchev–Trinajstić information content (AvgIpc) is 3.58. The smallest absolute Gasteiger partial charge is 0.353 e. The lowest BCUT2D eigenvalue weighted by atomic mass is 10.1. The Morgan fingerprint density at radius 3 is 2.72 bits per heavy atom. The lowest BCUT2D eigenvalue weighted by Crippen LogP contribution is -2.57. The molecule has 0 aliphatic carbocycles. The summed E-state index contributed by atoms with van der Waals surface area (Å²) < 4.78 is 41.5. The van der Waals surface area contributed by atoms with E-state index in [1.54, 1.807) is 17.5 Å². The summed E-state index contributed by atoms with van der Waals surface area (Å²) in [5.41, 5.74) is 1.86. The van der Waals surface area contributed by atoms with Gasteiger partial charge in [-0.15, -0.1) is 16.4 Å². The average molecular weight is 553 g/mol. The third kappa shape index (κ3) is 5.02. The molecule has 0 bridgehead atoms. The number of nitrogens with one attached hydrogen (secondary N) is 1. The van der Waals surface area contributed by atoms with E-state index < -0.39 is 17.8 Å². The maximum absolute atomic E-state index is 13.2. The van der Waals surface area contributed by atoms with E-state index >= 15 is 0 Å². The first kappa shape index (κ1) is 25.2. The monoisotopic (exact) mass is 552 g/mol. The summed E-state index contributed by atoms with van der Waals surface area (Å²) in [5.74, 6) is 0.508. The predicted octanol–water partition coefficient (Wildman–Crippen LogP) is 3.88. The molecule has 0 spiro atoms. The van der Waals surface area contributed by atoms with E-state index in [-0.39, 0.29) is 5.91 Å². The first-order valence-corrected chi connectivity index (χ1v) is 13.1. The molecule has 200 valence electrons. The molecule has 5 heterocycles. The first-order valence-electron chi connectivity index (χ1n) is 12.2. The van der Waals surface area contributed by atoms with Crippen molar-refractivity contribution < 1.29 is 18.0 Å².